The number of carbonyl (C=O) groups is 4. The number of hydrogen-bond acceptors (Lipinski definition) is 6. The zero-order valence-electron chi connectivity index (χ0n) is 13.2. The van der Waals surface area contributed by atoms with Crippen LogP contribution in [0.15, 0.2) is 0 Å². The number of rotatable bonds is 13. The molecule has 0 aliphatic heterocycles. The molecule has 9 heteroatoms. The van der Waals surface area contributed by atoms with Crippen LogP contribution in [0.3, 0.4) is 0 Å². The molecule has 2 atom stereocenters. The number of aldehydes is 1. The predicted octanol–water partition coefficient (Wildman–Crippen LogP) is -0.421. The smallest absolute Gasteiger partial charge is 0.326 e. The van der Waals surface area contributed by atoms with Crippen molar-refractivity contribution in [3.8, 4) is 0 Å². The summed E-state index contributed by atoms with van der Waals surface area (Å²) in [5, 5.41) is 22.5. The normalized spacial score (nSPS) is 13.0. The van der Waals surface area contributed by atoms with Gasteiger partial charge in [-0.3, -0.25) is 9.59 Å². The second-order valence-corrected chi connectivity index (χ2v) is 5.07. The minimum absolute atomic E-state index is 0.00385. The molecule has 9 nitrogen and oxygen atoms in total. The SMILES string of the molecule is CCC(=O)N[C@@H](CCC(=O)NCCCCC(C=O)NO)C(=O)O. The van der Waals surface area contributed by atoms with Crippen molar-refractivity contribution in [2.45, 2.75) is 57.5 Å². The van der Waals surface area contributed by atoms with Gasteiger partial charge in [-0.2, -0.15) is 5.48 Å². The van der Waals surface area contributed by atoms with Gasteiger partial charge >= 0.3 is 5.97 Å². The average Bonchev–Trinajstić information content (AvgIpc) is 2.54. The number of carbonyl (C=O) groups excluding carboxylic acids is 3. The van der Waals surface area contributed by atoms with Crippen LogP contribution < -0.4 is 16.1 Å². The van der Waals surface area contributed by atoms with Gasteiger partial charge in [-0.1, -0.05) is 6.92 Å². The number of carboxylic acids is 1. The Morgan fingerprint density at radius 1 is 1.13 bits per heavy atom. The highest BCUT2D eigenvalue weighted by Crippen LogP contribution is 2.01. The average molecular weight is 331 g/mol. The van der Waals surface area contributed by atoms with Crippen LogP contribution in [-0.2, 0) is 19.2 Å². The van der Waals surface area contributed by atoms with Crippen LogP contribution in [0.25, 0.3) is 0 Å². The van der Waals surface area contributed by atoms with E-state index in [2.05, 4.69) is 10.6 Å². The molecule has 0 saturated heterocycles. The molecular formula is C14H25N3O6. The first-order valence-corrected chi connectivity index (χ1v) is 7.58. The monoisotopic (exact) mass is 331 g/mol. The van der Waals surface area contributed by atoms with Crippen LogP contribution in [0.1, 0.15) is 45.4 Å². The van der Waals surface area contributed by atoms with E-state index < -0.39 is 18.1 Å². The third-order valence-corrected chi connectivity index (χ3v) is 3.21. The number of hydroxylamine groups is 1. The fourth-order valence-corrected chi connectivity index (χ4v) is 1.80. The highest BCUT2D eigenvalue weighted by Gasteiger charge is 2.20. The largest absolute Gasteiger partial charge is 0.480 e. The van der Waals surface area contributed by atoms with Gasteiger partial charge in [0, 0.05) is 19.4 Å². The Kier molecular flexibility index (Phi) is 11.4. The Hall–Kier alpha value is -2.00. The molecule has 0 spiro atoms. The summed E-state index contributed by atoms with van der Waals surface area (Å²) in [6.07, 6.45) is 2.54. The van der Waals surface area contributed by atoms with E-state index in [1.165, 1.54) is 0 Å². The number of nitrogens with one attached hydrogen (secondary N) is 3. The van der Waals surface area contributed by atoms with Crippen molar-refractivity contribution in [3.05, 3.63) is 0 Å². The number of hydrogen-bond donors (Lipinski definition) is 5. The highest BCUT2D eigenvalue weighted by atomic mass is 16.5. The lowest BCUT2D eigenvalue weighted by Crippen LogP contribution is -2.41. The molecule has 0 aliphatic rings. The van der Waals surface area contributed by atoms with Gasteiger partial charge in [0.1, 0.15) is 12.3 Å². The Bertz CT molecular complexity index is 402. The fraction of sp³-hybridized carbons (Fsp3) is 0.714. The van der Waals surface area contributed by atoms with Gasteiger partial charge in [0.05, 0.1) is 6.04 Å². The third-order valence-electron chi connectivity index (χ3n) is 3.21. The first-order chi connectivity index (χ1) is 10.9. The van der Waals surface area contributed by atoms with Crippen LogP contribution in [0.4, 0.5) is 0 Å². The lowest BCUT2D eigenvalue weighted by molar-refractivity contribution is -0.142. The molecule has 0 saturated carbocycles. The third kappa shape index (κ3) is 10.4. The van der Waals surface area contributed by atoms with Crippen molar-refractivity contribution in [3.63, 3.8) is 0 Å². The number of unbranched alkanes of at least 4 members (excludes halogenated alkanes) is 1. The summed E-state index contributed by atoms with van der Waals surface area (Å²) in [4.78, 5) is 44.2. The summed E-state index contributed by atoms with van der Waals surface area (Å²) in [7, 11) is 0. The van der Waals surface area contributed by atoms with Crippen LogP contribution in [0, 0.1) is 0 Å². The van der Waals surface area contributed by atoms with Gasteiger partial charge in [-0.25, -0.2) is 4.79 Å². The predicted molar refractivity (Wildman–Crippen MR) is 80.7 cm³/mol. The molecule has 0 heterocycles. The molecule has 0 aromatic heterocycles. The molecule has 0 fully saturated rings. The minimum atomic E-state index is -1.17. The molecule has 0 bridgehead atoms. The number of amides is 2. The maximum Gasteiger partial charge on any atom is 0.326 e. The number of aliphatic carboxylic acids is 1. The van der Waals surface area contributed by atoms with Crippen molar-refractivity contribution in [1.29, 1.82) is 0 Å². The maximum absolute atomic E-state index is 11.6. The van der Waals surface area contributed by atoms with Crippen molar-refractivity contribution in [2.75, 3.05) is 6.54 Å². The topological polar surface area (TPSA) is 145 Å². The van der Waals surface area contributed by atoms with E-state index in [-0.39, 0.29) is 31.1 Å². The van der Waals surface area contributed by atoms with Gasteiger partial charge < -0.3 is 25.7 Å². The number of carboxylic acid groups (broad SMARTS) is 1. The molecule has 23 heavy (non-hydrogen) atoms. The molecule has 1 unspecified atom stereocenters. The Labute approximate surface area is 134 Å². The van der Waals surface area contributed by atoms with E-state index in [4.69, 9.17) is 10.3 Å². The zero-order chi connectivity index (χ0) is 17.7. The second kappa shape index (κ2) is 12.5. The summed E-state index contributed by atoms with van der Waals surface area (Å²) in [6.45, 7) is 2.01. The minimum Gasteiger partial charge on any atom is -0.480 e. The van der Waals surface area contributed by atoms with Crippen LogP contribution in [0.2, 0.25) is 0 Å². The molecule has 2 amide bonds. The lowest BCUT2D eigenvalue weighted by Gasteiger charge is -2.14. The molecule has 0 aliphatic carbocycles. The Balaban J connectivity index is 3.89. The lowest BCUT2D eigenvalue weighted by atomic mass is 10.1. The van der Waals surface area contributed by atoms with Gasteiger partial charge in [0.2, 0.25) is 11.8 Å². The first-order valence-electron chi connectivity index (χ1n) is 7.58. The van der Waals surface area contributed by atoms with E-state index in [1.807, 2.05) is 5.48 Å². The van der Waals surface area contributed by atoms with Crippen molar-refractivity contribution in [2.24, 2.45) is 0 Å². The molecule has 132 valence electrons. The van der Waals surface area contributed by atoms with Crippen LogP contribution in [-0.4, -0.2) is 53.0 Å². The van der Waals surface area contributed by atoms with E-state index >= 15 is 0 Å². The summed E-state index contributed by atoms with van der Waals surface area (Å²) in [6, 6.07) is -1.68. The van der Waals surface area contributed by atoms with E-state index in [9.17, 15) is 19.2 Å². The second-order valence-electron chi connectivity index (χ2n) is 5.07. The van der Waals surface area contributed by atoms with E-state index in [1.54, 1.807) is 6.92 Å². The Morgan fingerprint density at radius 2 is 1.83 bits per heavy atom. The van der Waals surface area contributed by atoms with Gasteiger partial charge in [0.25, 0.3) is 0 Å². The van der Waals surface area contributed by atoms with Crippen molar-refractivity contribution < 1.29 is 29.5 Å². The van der Waals surface area contributed by atoms with Crippen molar-refractivity contribution >= 4 is 24.1 Å². The van der Waals surface area contributed by atoms with Gasteiger partial charge in [0.15, 0.2) is 0 Å². The fourth-order valence-electron chi connectivity index (χ4n) is 1.80. The Morgan fingerprint density at radius 3 is 2.35 bits per heavy atom. The van der Waals surface area contributed by atoms with Crippen molar-refractivity contribution in [1.82, 2.24) is 16.1 Å². The molecule has 0 radical (unpaired) electrons. The van der Waals surface area contributed by atoms with Crippen LogP contribution >= 0.6 is 0 Å². The molecule has 0 aromatic rings. The standard InChI is InChI=1S/C14H25N3O6/c1-2-12(19)16-11(14(21)22)6-7-13(20)15-8-4-3-5-10(9-18)17-23/h9-11,17,23H,2-8H2,1H3,(H,15,20)(H,16,19)(H,21,22)/t10?,11-/m0/s1. The summed E-state index contributed by atoms with van der Waals surface area (Å²) in [5.74, 6) is -1.84. The maximum atomic E-state index is 11.6. The summed E-state index contributed by atoms with van der Waals surface area (Å²) in [5.41, 5.74) is 1.87. The summed E-state index contributed by atoms with van der Waals surface area (Å²) >= 11 is 0. The van der Waals surface area contributed by atoms with Crippen LogP contribution in [0.5, 0.6) is 0 Å². The molecule has 0 aromatic carbocycles. The quantitative estimate of drug-likeness (QED) is 0.175. The van der Waals surface area contributed by atoms with Gasteiger partial charge in [-0.15, -0.1) is 0 Å². The summed E-state index contributed by atoms with van der Waals surface area (Å²) < 4.78 is 0. The zero-order valence-corrected chi connectivity index (χ0v) is 13.2. The van der Waals surface area contributed by atoms with Gasteiger partial charge in [-0.05, 0) is 25.7 Å². The highest BCUT2D eigenvalue weighted by molar-refractivity contribution is 5.84. The van der Waals surface area contributed by atoms with E-state index in [0.717, 1.165) is 0 Å². The molecular weight excluding hydrogens is 306 g/mol. The molecule has 0 rings (SSSR count). The van der Waals surface area contributed by atoms with E-state index in [0.29, 0.717) is 32.1 Å². The molecule has 5 N–H and O–H groups in total. The first kappa shape index (κ1) is 21.0.